The largest absolute Gasteiger partial charge is 0.394 e. The van der Waals surface area contributed by atoms with E-state index in [-0.39, 0.29) is 24.7 Å². The van der Waals surface area contributed by atoms with Crippen LogP contribution in [0.4, 0.5) is 0 Å². The first-order valence-corrected chi connectivity index (χ1v) is 6.16. The maximum Gasteiger partial charge on any atom is 0.272 e. The van der Waals surface area contributed by atoms with Crippen LogP contribution in [0.1, 0.15) is 17.4 Å². The standard InChI is InChI=1S/C12H15ClN2O3/c1-8-5-15(6-9(7-16)18-8)12(17)10-3-2-4-11(13)14-10/h2-4,8-9,16H,5-7H2,1H3. The Kier molecular flexibility index (Phi) is 4.16. The van der Waals surface area contributed by atoms with Gasteiger partial charge in [0, 0.05) is 13.1 Å². The smallest absolute Gasteiger partial charge is 0.272 e. The molecule has 0 saturated carbocycles. The number of morpholine rings is 1. The van der Waals surface area contributed by atoms with Crippen LogP contribution in [0, 0.1) is 0 Å². The second kappa shape index (κ2) is 5.65. The Balaban J connectivity index is 2.13. The zero-order chi connectivity index (χ0) is 13.1. The van der Waals surface area contributed by atoms with E-state index in [1.807, 2.05) is 6.92 Å². The van der Waals surface area contributed by atoms with Crippen LogP contribution in [0.5, 0.6) is 0 Å². The zero-order valence-electron chi connectivity index (χ0n) is 10.0. The van der Waals surface area contributed by atoms with Crippen LogP contribution in [-0.4, -0.2) is 52.8 Å². The van der Waals surface area contributed by atoms with E-state index >= 15 is 0 Å². The lowest BCUT2D eigenvalue weighted by molar-refractivity contribution is -0.0859. The summed E-state index contributed by atoms with van der Waals surface area (Å²) in [5, 5.41) is 9.42. The Morgan fingerprint density at radius 2 is 2.39 bits per heavy atom. The van der Waals surface area contributed by atoms with Crippen LogP contribution >= 0.6 is 11.6 Å². The molecule has 0 radical (unpaired) electrons. The molecule has 0 spiro atoms. The fourth-order valence-corrected chi connectivity index (χ4v) is 2.17. The highest BCUT2D eigenvalue weighted by atomic mass is 35.5. The highest BCUT2D eigenvalue weighted by Gasteiger charge is 2.29. The van der Waals surface area contributed by atoms with Gasteiger partial charge in [0.1, 0.15) is 10.8 Å². The van der Waals surface area contributed by atoms with Gasteiger partial charge in [0.05, 0.1) is 18.8 Å². The summed E-state index contributed by atoms with van der Waals surface area (Å²) in [6, 6.07) is 4.94. The number of hydrogen-bond acceptors (Lipinski definition) is 4. The van der Waals surface area contributed by atoms with Gasteiger partial charge < -0.3 is 14.7 Å². The molecule has 2 unspecified atom stereocenters. The highest BCUT2D eigenvalue weighted by Crippen LogP contribution is 2.14. The predicted molar refractivity (Wildman–Crippen MR) is 66.6 cm³/mol. The van der Waals surface area contributed by atoms with E-state index in [0.29, 0.717) is 23.9 Å². The maximum absolute atomic E-state index is 12.2. The number of rotatable bonds is 2. The van der Waals surface area contributed by atoms with Gasteiger partial charge in [-0.3, -0.25) is 4.79 Å². The van der Waals surface area contributed by atoms with Crippen molar-refractivity contribution in [1.82, 2.24) is 9.88 Å². The van der Waals surface area contributed by atoms with Crippen LogP contribution in [-0.2, 0) is 4.74 Å². The molecule has 98 valence electrons. The van der Waals surface area contributed by atoms with Crippen molar-refractivity contribution >= 4 is 17.5 Å². The van der Waals surface area contributed by atoms with E-state index in [2.05, 4.69) is 4.98 Å². The number of halogens is 1. The Hall–Kier alpha value is -1.17. The first-order valence-electron chi connectivity index (χ1n) is 5.78. The van der Waals surface area contributed by atoms with E-state index < -0.39 is 0 Å². The van der Waals surface area contributed by atoms with Crippen molar-refractivity contribution in [2.75, 3.05) is 19.7 Å². The minimum atomic E-state index is -0.336. The molecule has 18 heavy (non-hydrogen) atoms. The monoisotopic (exact) mass is 270 g/mol. The van der Waals surface area contributed by atoms with Gasteiger partial charge in [-0.25, -0.2) is 4.98 Å². The van der Waals surface area contributed by atoms with E-state index in [1.165, 1.54) is 0 Å². The van der Waals surface area contributed by atoms with Gasteiger partial charge in [0.2, 0.25) is 0 Å². The highest BCUT2D eigenvalue weighted by molar-refractivity contribution is 6.29. The molecule has 1 N–H and O–H groups in total. The van der Waals surface area contributed by atoms with Crippen LogP contribution in [0.2, 0.25) is 5.15 Å². The summed E-state index contributed by atoms with van der Waals surface area (Å²) < 4.78 is 5.49. The minimum absolute atomic E-state index is 0.0981. The number of hydrogen-bond donors (Lipinski definition) is 1. The molecule has 2 rings (SSSR count). The van der Waals surface area contributed by atoms with Gasteiger partial charge in [0.15, 0.2) is 0 Å². The molecule has 1 aromatic heterocycles. The Bertz CT molecular complexity index is 441. The van der Waals surface area contributed by atoms with Crippen molar-refractivity contribution in [3.8, 4) is 0 Å². The Morgan fingerprint density at radius 1 is 1.61 bits per heavy atom. The topological polar surface area (TPSA) is 62.7 Å². The Labute approximate surface area is 110 Å². The molecule has 1 aliphatic rings. The van der Waals surface area contributed by atoms with Crippen LogP contribution < -0.4 is 0 Å². The Morgan fingerprint density at radius 3 is 3.06 bits per heavy atom. The normalized spacial score (nSPS) is 24.1. The lowest BCUT2D eigenvalue weighted by Gasteiger charge is -2.35. The van der Waals surface area contributed by atoms with E-state index in [1.54, 1.807) is 23.1 Å². The van der Waals surface area contributed by atoms with E-state index in [9.17, 15) is 4.79 Å². The van der Waals surface area contributed by atoms with E-state index in [0.717, 1.165) is 0 Å². The summed E-state index contributed by atoms with van der Waals surface area (Å²) in [6.45, 7) is 2.63. The average molecular weight is 271 g/mol. The lowest BCUT2D eigenvalue weighted by atomic mass is 10.2. The lowest BCUT2D eigenvalue weighted by Crippen LogP contribution is -2.50. The molecule has 0 bridgehead atoms. The van der Waals surface area contributed by atoms with Crippen molar-refractivity contribution in [3.05, 3.63) is 29.0 Å². The van der Waals surface area contributed by atoms with Gasteiger partial charge in [-0.05, 0) is 19.1 Å². The summed E-state index contributed by atoms with van der Waals surface area (Å²) in [5.41, 5.74) is 0.313. The summed E-state index contributed by atoms with van der Waals surface area (Å²) >= 11 is 5.77. The molecular formula is C12H15ClN2O3. The number of amides is 1. The second-order valence-electron chi connectivity index (χ2n) is 4.31. The predicted octanol–water partition coefficient (Wildman–Crippen LogP) is 0.957. The summed E-state index contributed by atoms with van der Waals surface area (Å²) in [6.07, 6.45) is -0.434. The average Bonchev–Trinajstić information content (AvgIpc) is 2.37. The number of aliphatic hydroxyl groups is 1. The molecular weight excluding hydrogens is 256 g/mol. The van der Waals surface area contributed by atoms with Crippen LogP contribution in [0.3, 0.4) is 0 Å². The first kappa shape index (κ1) is 13.3. The molecule has 6 heteroatoms. The molecule has 1 aromatic rings. The van der Waals surface area contributed by atoms with Gasteiger partial charge >= 0.3 is 0 Å². The summed E-state index contributed by atoms with van der Waals surface area (Å²) in [7, 11) is 0. The molecule has 1 aliphatic heterocycles. The number of carbonyl (C=O) groups is 1. The molecule has 1 saturated heterocycles. The summed E-state index contributed by atoms with van der Waals surface area (Å²) in [5.74, 6) is -0.189. The van der Waals surface area contributed by atoms with Crippen molar-refractivity contribution in [1.29, 1.82) is 0 Å². The zero-order valence-corrected chi connectivity index (χ0v) is 10.8. The molecule has 0 aliphatic carbocycles. The first-order chi connectivity index (χ1) is 8.60. The fraction of sp³-hybridized carbons (Fsp3) is 0.500. The number of ether oxygens (including phenoxy) is 1. The van der Waals surface area contributed by atoms with Crippen LogP contribution in [0.25, 0.3) is 0 Å². The van der Waals surface area contributed by atoms with Crippen molar-refractivity contribution in [2.45, 2.75) is 19.1 Å². The molecule has 2 atom stereocenters. The third kappa shape index (κ3) is 2.98. The number of nitrogens with zero attached hydrogens (tertiary/aromatic N) is 2. The van der Waals surface area contributed by atoms with E-state index in [4.69, 9.17) is 21.4 Å². The quantitative estimate of drug-likeness (QED) is 0.813. The molecule has 2 heterocycles. The molecule has 1 amide bonds. The van der Waals surface area contributed by atoms with Crippen molar-refractivity contribution in [2.24, 2.45) is 0 Å². The van der Waals surface area contributed by atoms with Gasteiger partial charge in [-0.2, -0.15) is 0 Å². The molecule has 5 nitrogen and oxygen atoms in total. The molecule has 0 aromatic carbocycles. The van der Waals surface area contributed by atoms with Gasteiger partial charge in [0.25, 0.3) is 5.91 Å². The van der Waals surface area contributed by atoms with Crippen LogP contribution in [0.15, 0.2) is 18.2 Å². The third-order valence-corrected chi connectivity index (χ3v) is 2.96. The minimum Gasteiger partial charge on any atom is -0.394 e. The SMILES string of the molecule is CC1CN(C(=O)c2cccc(Cl)n2)CC(CO)O1. The maximum atomic E-state index is 12.2. The number of aromatic nitrogens is 1. The number of carbonyl (C=O) groups excluding carboxylic acids is 1. The molecule has 1 fully saturated rings. The van der Waals surface area contributed by atoms with Crippen molar-refractivity contribution in [3.63, 3.8) is 0 Å². The second-order valence-corrected chi connectivity index (χ2v) is 4.69. The number of pyridine rings is 1. The van der Waals surface area contributed by atoms with Crippen molar-refractivity contribution < 1.29 is 14.6 Å². The third-order valence-electron chi connectivity index (χ3n) is 2.75. The van der Waals surface area contributed by atoms with Gasteiger partial charge in [-0.1, -0.05) is 17.7 Å². The van der Waals surface area contributed by atoms with Gasteiger partial charge in [-0.15, -0.1) is 0 Å². The fourth-order valence-electron chi connectivity index (χ4n) is 2.00. The summed E-state index contributed by atoms with van der Waals surface area (Å²) in [4.78, 5) is 17.9. The number of aliphatic hydroxyl groups excluding tert-OH is 1.